The second-order valence-electron chi connectivity index (χ2n) is 4.75. The smallest absolute Gasteiger partial charge is 0.0588 e. The predicted molar refractivity (Wildman–Crippen MR) is 60.0 cm³/mol. The maximum absolute atomic E-state index is 5.58. The molecule has 3 nitrogen and oxygen atoms in total. The normalized spacial score (nSPS) is 36.2. The molecule has 2 aliphatic rings. The van der Waals surface area contributed by atoms with E-state index in [9.17, 15) is 0 Å². The Hall–Kier alpha value is -0.120. The summed E-state index contributed by atoms with van der Waals surface area (Å²) in [5, 5.41) is 3.52. The molecule has 3 unspecified atom stereocenters. The third-order valence-corrected chi connectivity index (χ3v) is 3.61. The van der Waals surface area contributed by atoms with Crippen molar-refractivity contribution in [1.29, 1.82) is 0 Å². The SMILES string of the molecule is CC1OCCC1CNCCC1CCCO1. The highest BCUT2D eigenvalue weighted by molar-refractivity contribution is 4.75. The van der Waals surface area contributed by atoms with Crippen LogP contribution in [0.4, 0.5) is 0 Å². The molecule has 3 heteroatoms. The van der Waals surface area contributed by atoms with Crippen LogP contribution in [-0.2, 0) is 9.47 Å². The van der Waals surface area contributed by atoms with Gasteiger partial charge < -0.3 is 14.8 Å². The Labute approximate surface area is 92.5 Å². The van der Waals surface area contributed by atoms with Crippen LogP contribution < -0.4 is 5.32 Å². The molecule has 0 saturated carbocycles. The maximum Gasteiger partial charge on any atom is 0.0588 e. The summed E-state index contributed by atoms with van der Waals surface area (Å²) in [6.45, 7) is 6.29. The average molecular weight is 213 g/mol. The molecule has 0 amide bonds. The van der Waals surface area contributed by atoms with Gasteiger partial charge in [-0.05, 0) is 45.1 Å². The van der Waals surface area contributed by atoms with Gasteiger partial charge in [-0.15, -0.1) is 0 Å². The second-order valence-corrected chi connectivity index (χ2v) is 4.75. The van der Waals surface area contributed by atoms with Crippen molar-refractivity contribution in [2.45, 2.75) is 44.8 Å². The number of rotatable bonds is 5. The third-order valence-electron chi connectivity index (χ3n) is 3.61. The van der Waals surface area contributed by atoms with Crippen molar-refractivity contribution < 1.29 is 9.47 Å². The van der Waals surface area contributed by atoms with E-state index in [1.165, 1.54) is 25.7 Å². The van der Waals surface area contributed by atoms with E-state index < -0.39 is 0 Å². The van der Waals surface area contributed by atoms with Crippen LogP contribution in [0.5, 0.6) is 0 Å². The molecule has 0 aromatic rings. The zero-order valence-electron chi connectivity index (χ0n) is 9.71. The minimum absolute atomic E-state index is 0.445. The van der Waals surface area contributed by atoms with Crippen LogP contribution in [-0.4, -0.2) is 38.5 Å². The lowest BCUT2D eigenvalue weighted by molar-refractivity contribution is 0.0991. The van der Waals surface area contributed by atoms with E-state index >= 15 is 0 Å². The van der Waals surface area contributed by atoms with Crippen molar-refractivity contribution in [1.82, 2.24) is 5.32 Å². The van der Waals surface area contributed by atoms with Gasteiger partial charge in [0, 0.05) is 19.8 Å². The molecular weight excluding hydrogens is 190 g/mol. The Kier molecular flexibility index (Phi) is 4.42. The van der Waals surface area contributed by atoms with Crippen molar-refractivity contribution in [3.05, 3.63) is 0 Å². The number of hydrogen-bond acceptors (Lipinski definition) is 3. The van der Waals surface area contributed by atoms with Crippen LogP contribution in [0, 0.1) is 5.92 Å². The minimum atomic E-state index is 0.445. The molecule has 15 heavy (non-hydrogen) atoms. The van der Waals surface area contributed by atoms with E-state index in [-0.39, 0.29) is 0 Å². The first-order valence-electron chi connectivity index (χ1n) is 6.30. The van der Waals surface area contributed by atoms with Crippen molar-refractivity contribution >= 4 is 0 Å². The molecule has 2 heterocycles. The van der Waals surface area contributed by atoms with E-state index in [1.807, 2.05) is 0 Å². The van der Waals surface area contributed by atoms with Gasteiger partial charge in [0.2, 0.25) is 0 Å². The molecule has 0 bridgehead atoms. The van der Waals surface area contributed by atoms with E-state index in [4.69, 9.17) is 9.47 Å². The van der Waals surface area contributed by atoms with E-state index in [0.717, 1.165) is 32.2 Å². The Balaban J connectivity index is 1.51. The van der Waals surface area contributed by atoms with Gasteiger partial charge in [0.15, 0.2) is 0 Å². The quantitative estimate of drug-likeness (QED) is 0.703. The van der Waals surface area contributed by atoms with Gasteiger partial charge in [-0.2, -0.15) is 0 Å². The molecule has 2 aliphatic heterocycles. The van der Waals surface area contributed by atoms with Gasteiger partial charge in [0.1, 0.15) is 0 Å². The van der Waals surface area contributed by atoms with Crippen molar-refractivity contribution in [2.75, 3.05) is 26.3 Å². The molecule has 2 rings (SSSR count). The summed E-state index contributed by atoms with van der Waals surface area (Å²) in [4.78, 5) is 0. The van der Waals surface area contributed by atoms with Crippen LogP contribution in [0.15, 0.2) is 0 Å². The first-order valence-corrected chi connectivity index (χ1v) is 6.30. The molecule has 88 valence electrons. The van der Waals surface area contributed by atoms with Gasteiger partial charge in [0.05, 0.1) is 12.2 Å². The van der Waals surface area contributed by atoms with Gasteiger partial charge >= 0.3 is 0 Å². The van der Waals surface area contributed by atoms with Crippen LogP contribution in [0.1, 0.15) is 32.6 Å². The van der Waals surface area contributed by atoms with Crippen LogP contribution in [0.25, 0.3) is 0 Å². The van der Waals surface area contributed by atoms with Crippen molar-refractivity contribution in [3.63, 3.8) is 0 Å². The first-order chi connectivity index (χ1) is 7.36. The molecule has 2 fully saturated rings. The van der Waals surface area contributed by atoms with Crippen molar-refractivity contribution in [3.8, 4) is 0 Å². The lowest BCUT2D eigenvalue weighted by Crippen LogP contribution is -2.29. The Bertz CT molecular complexity index is 180. The monoisotopic (exact) mass is 213 g/mol. The highest BCUT2D eigenvalue weighted by Crippen LogP contribution is 2.19. The molecular formula is C12H23NO2. The topological polar surface area (TPSA) is 30.5 Å². The summed E-state index contributed by atoms with van der Waals surface area (Å²) in [7, 11) is 0. The largest absolute Gasteiger partial charge is 0.378 e. The van der Waals surface area contributed by atoms with E-state index in [0.29, 0.717) is 12.2 Å². The standard InChI is InChI=1S/C12H23NO2/c1-10-11(5-8-14-10)9-13-6-4-12-3-2-7-15-12/h10-13H,2-9H2,1H3. The summed E-state index contributed by atoms with van der Waals surface area (Å²) in [6.07, 6.45) is 5.86. The summed E-state index contributed by atoms with van der Waals surface area (Å²) in [5.74, 6) is 0.717. The maximum atomic E-state index is 5.58. The molecule has 3 atom stereocenters. The van der Waals surface area contributed by atoms with Gasteiger partial charge in [-0.3, -0.25) is 0 Å². The summed E-state index contributed by atoms with van der Waals surface area (Å²) in [5.41, 5.74) is 0. The second kappa shape index (κ2) is 5.83. The van der Waals surface area contributed by atoms with Gasteiger partial charge in [0.25, 0.3) is 0 Å². The van der Waals surface area contributed by atoms with Crippen LogP contribution >= 0.6 is 0 Å². The third kappa shape index (κ3) is 3.44. The van der Waals surface area contributed by atoms with Crippen LogP contribution in [0.3, 0.4) is 0 Å². The molecule has 0 aliphatic carbocycles. The fourth-order valence-electron chi connectivity index (χ4n) is 2.47. The lowest BCUT2D eigenvalue weighted by atomic mass is 10.0. The molecule has 0 radical (unpaired) electrons. The van der Waals surface area contributed by atoms with Gasteiger partial charge in [-0.25, -0.2) is 0 Å². The summed E-state index contributed by atoms with van der Waals surface area (Å²) >= 11 is 0. The summed E-state index contributed by atoms with van der Waals surface area (Å²) < 4.78 is 11.1. The lowest BCUT2D eigenvalue weighted by Gasteiger charge is -2.15. The van der Waals surface area contributed by atoms with Crippen LogP contribution in [0.2, 0.25) is 0 Å². The fourth-order valence-corrected chi connectivity index (χ4v) is 2.47. The van der Waals surface area contributed by atoms with E-state index in [1.54, 1.807) is 0 Å². The number of ether oxygens (including phenoxy) is 2. The first kappa shape index (κ1) is 11.4. The zero-order valence-corrected chi connectivity index (χ0v) is 9.71. The molecule has 0 aromatic carbocycles. The molecule has 1 N–H and O–H groups in total. The number of nitrogens with one attached hydrogen (secondary N) is 1. The molecule has 0 aromatic heterocycles. The summed E-state index contributed by atoms with van der Waals surface area (Å²) in [6, 6.07) is 0. The molecule has 0 spiro atoms. The Morgan fingerprint density at radius 1 is 1.20 bits per heavy atom. The highest BCUT2D eigenvalue weighted by Gasteiger charge is 2.23. The van der Waals surface area contributed by atoms with E-state index in [2.05, 4.69) is 12.2 Å². The number of hydrogen-bond donors (Lipinski definition) is 1. The predicted octanol–water partition coefficient (Wildman–Crippen LogP) is 1.57. The minimum Gasteiger partial charge on any atom is -0.378 e. The highest BCUT2D eigenvalue weighted by atomic mass is 16.5. The fraction of sp³-hybridized carbons (Fsp3) is 1.00. The Morgan fingerprint density at radius 2 is 2.13 bits per heavy atom. The van der Waals surface area contributed by atoms with Crippen molar-refractivity contribution in [2.24, 2.45) is 5.92 Å². The zero-order chi connectivity index (χ0) is 10.5. The Morgan fingerprint density at radius 3 is 2.80 bits per heavy atom. The average Bonchev–Trinajstić information content (AvgIpc) is 2.85. The van der Waals surface area contributed by atoms with Gasteiger partial charge in [-0.1, -0.05) is 0 Å². The molecule has 2 saturated heterocycles.